The fourth-order valence-corrected chi connectivity index (χ4v) is 3.16. The van der Waals surface area contributed by atoms with Crippen LogP contribution in [0.3, 0.4) is 0 Å². The molecule has 0 aromatic heterocycles. The molecule has 1 N–H and O–H groups in total. The molecule has 0 spiro atoms. The topological polar surface area (TPSA) is 15.3 Å². The lowest BCUT2D eigenvalue weighted by Crippen LogP contribution is -2.35. The summed E-state index contributed by atoms with van der Waals surface area (Å²) in [6.45, 7) is 5.05. The molecule has 0 amide bonds. The van der Waals surface area contributed by atoms with Gasteiger partial charge in [-0.05, 0) is 43.2 Å². The molecule has 0 radical (unpaired) electrons. The summed E-state index contributed by atoms with van der Waals surface area (Å²) in [5.41, 5.74) is 1.96. The highest BCUT2D eigenvalue weighted by molar-refractivity contribution is 5.55. The maximum atomic E-state index is 14.3. The summed E-state index contributed by atoms with van der Waals surface area (Å²) < 4.78 is 14.3. The standard InChI is InChI=1S/C17H25FN2/c1-2-13-8-10-20(11-9-13)17-14(4-3-5-16(17)18)12-19-15-6-7-15/h3-5,13,15,19H,2,6-12H2,1H3. The van der Waals surface area contributed by atoms with Crippen LogP contribution in [0, 0.1) is 11.7 Å². The molecule has 3 rings (SSSR count). The maximum absolute atomic E-state index is 14.3. The Kier molecular flexibility index (Phi) is 4.25. The molecule has 2 aliphatic rings. The first-order chi connectivity index (χ1) is 9.78. The van der Waals surface area contributed by atoms with E-state index in [-0.39, 0.29) is 5.82 Å². The van der Waals surface area contributed by atoms with Gasteiger partial charge in [0.25, 0.3) is 0 Å². The minimum Gasteiger partial charge on any atom is -0.369 e. The molecule has 1 saturated carbocycles. The first-order valence-electron chi connectivity index (χ1n) is 8.03. The Balaban J connectivity index is 1.73. The van der Waals surface area contributed by atoms with Crippen molar-refractivity contribution in [2.24, 2.45) is 5.92 Å². The van der Waals surface area contributed by atoms with Gasteiger partial charge in [0, 0.05) is 25.7 Å². The van der Waals surface area contributed by atoms with Crippen LogP contribution in [0.15, 0.2) is 18.2 Å². The predicted octanol–water partition coefficient (Wildman–Crippen LogP) is 3.70. The van der Waals surface area contributed by atoms with E-state index in [0.717, 1.165) is 36.8 Å². The fraction of sp³-hybridized carbons (Fsp3) is 0.647. The largest absolute Gasteiger partial charge is 0.369 e. The monoisotopic (exact) mass is 276 g/mol. The highest BCUT2D eigenvalue weighted by atomic mass is 19.1. The molecule has 110 valence electrons. The molecule has 1 aliphatic heterocycles. The number of para-hydroxylation sites is 1. The zero-order chi connectivity index (χ0) is 13.9. The van der Waals surface area contributed by atoms with Gasteiger partial charge in [-0.2, -0.15) is 0 Å². The van der Waals surface area contributed by atoms with Crippen LogP contribution >= 0.6 is 0 Å². The number of nitrogens with one attached hydrogen (secondary N) is 1. The molecule has 3 heteroatoms. The van der Waals surface area contributed by atoms with Gasteiger partial charge in [0.1, 0.15) is 5.82 Å². The van der Waals surface area contributed by atoms with E-state index in [1.54, 1.807) is 6.07 Å². The number of hydrogen-bond donors (Lipinski definition) is 1. The summed E-state index contributed by atoms with van der Waals surface area (Å²) in [6, 6.07) is 6.17. The van der Waals surface area contributed by atoms with Crippen molar-refractivity contribution < 1.29 is 4.39 Å². The van der Waals surface area contributed by atoms with E-state index in [9.17, 15) is 4.39 Å². The van der Waals surface area contributed by atoms with Crippen LogP contribution in [0.5, 0.6) is 0 Å². The van der Waals surface area contributed by atoms with E-state index in [0.29, 0.717) is 6.04 Å². The Morgan fingerprint density at radius 1 is 1.20 bits per heavy atom. The van der Waals surface area contributed by atoms with Crippen molar-refractivity contribution in [3.63, 3.8) is 0 Å². The summed E-state index contributed by atoms with van der Waals surface area (Å²) in [5.74, 6) is 0.765. The number of rotatable bonds is 5. The highest BCUT2D eigenvalue weighted by Crippen LogP contribution is 2.30. The minimum atomic E-state index is -0.0601. The van der Waals surface area contributed by atoms with Crippen molar-refractivity contribution in [3.8, 4) is 0 Å². The molecular weight excluding hydrogens is 251 g/mol. The fourth-order valence-electron chi connectivity index (χ4n) is 3.16. The number of benzene rings is 1. The van der Waals surface area contributed by atoms with Gasteiger partial charge in [-0.25, -0.2) is 4.39 Å². The molecule has 2 nitrogen and oxygen atoms in total. The summed E-state index contributed by atoms with van der Waals surface area (Å²) in [5, 5.41) is 3.51. The van der Waals surface area contributed by atoms with Gasteiger partial charge in [0.2, 0.25) is 0 Å². The second-order valence-corrected chi connectivity index (χ2v) is 6.24. The summed E-state index contributed by atoms with van der Waals surface area (Å²) >= 11 is 0. The zero-order valence-electron chi connectivity index (χ0n) is 12.4. The van der Waals surface area contributed by atoms with Gasteiger partial charge < -0.3 is 10.2 Å². The van der Waals surface area contributed by atoms with Crippen LogP contribution in [-0.4, -0.2) is 19.1 Å². The summed E-state index contributed by atoms with van der Waals surface area (Å²) in [6.07, 6.45) is 6.18. The van der Waals surface area contributed by atoms with Crippen LogP contribution in [0.4, 0.5) is 10.1 Å². The SMILES string of the molecule is CCC1CCN(c2c(F)cccc2CNC2CC2)CC1. The molecule has 20 heavy (non-hydrogen) atoms. The van der Waals surface area contributed by atoms with Crippen molar-refractivity contribution in [2.75, 3.05) is 18.0 Å². The molecule has 1 heterocycles. The second kappa shape index (κ2) is 6.13. The second-order valence-electron chi connectivity index (χ2n) is 6.24. The predicted molar refractivity (Wildman–Crippen MR) is 81.5 cm³/mol. The number of halogens is 1. The third-order valence-electron chi connectivity index (χ3n) is 4.74. The third-order valence-corrected chi connectivity index (χ3v) is 4.74. The quantitative estimate of drug-likeness (QED) is 0.882. The Morgan fingerprint density at radius 3 is 2.60 bits per heavy atom. The molecule has 1 aromatic carbocycles. The molecule has 2 fully saturated rings. The van der Waals surface area contributed by atoms with E-state index in [4.69, 9.17) is 0 Å². The Morgan fingerprint density at radius 2 is 1.95 bits per heavy atom. The van der Waals surface area contributed by atoms with Crippen molar-refractivity contribution in [1.82, 2.24) is 5.32 Å². The van der Waals surface area contributed by atoms with Crippen molar-refractivity contribution in [2.45, 2.75) is 51.6 Å². The highest BCUT2D eigenvalue weighted by Gasteiger charge is 2.24. The first kappa shape index (κ1) is 13.9. The van der Waals surface area contributed by atoms with E-state index in [1.165, 1.54) is 32.1 Å². The van der Waals surface area contributed by atoms with E-state index < -0.39 is 0 Å². The van der Waals surface area contributed by atoms with Gasteiger partial charge in [-0.15, -0.1) is 0 Å². The summed E-state index contributed by atoms with van der Waals surface area (Å²) in [4.78, 5) is 2.26. The average Bonchev–Trinajstić information content (AvgIpc) is 3.30. The number of anilines is 1. The molecule has 1 aromatic rings. The summed E-state index contributed by atoms with van der Waals surface area (Å²) in [7, 11) is 0. The Bertz CT molecular complexity index is 448. The number of piperidine rings is 1. The Labute approximate surface area is 121 Å². The van der Waals surface area contributed by atoms with Gasteiger partial charge in [0.15, 0.2) is 0 Å². The van der Waals surface area contributed by atoms with Crippen LogP contribution in [0.2, 0.25) is 0 Å². The number of hydrogen-bond acceptors (Lipinski definition) is 2. The zero-order valence-corrected chi connectivity index (χ0v) is 12.4. The van der Waals surface area contributed by atoms with Crippen molar-refractivity contribution in [1.29, 1.82) is 0 Å². The van der Waals surface area contributed by atoms with Gasteiger partial charge in [-0.1, -0.05) is 25.5 Å². The van der Waals surface area contributed by atoms with E-state index >= 15 is 0 Å². The molecule has 1 aliphatic carbocycles. The van der Waals surface area contributed by atoms with E-state index in [1.807, 2.05) is 6.07 Å². The van der Waals surface area contributed by atoms with Crippen molar-refractivity contribution in [3.05, 3.63) is 29.6 Å². The number of nitrogens with zero attached hydrogens (tertiary/aromatic N) is 1. The lowest BCUT2D eigenvalue weighted by molar-refractivity contribution is 0.392. The normalized spacial score (nSPS) is 20.4. The van der Waals surface area contributed by atoms with Crippen LogP contribution in [0.25, 0.3) is 0 Å². The first-order valence-corrected chi connectivity index (χ1v) is 8.03. The van der Waals surface area contributed by atoms with Gasteiger partial charge in [0.05, 0.1) is 5.69 Å². The van der Waals surface area contributed by atoms with Crippen LogP contribution < -0.4 is 10.2 Å². The smallest absolute Gasteiger partial charge is 0.146 e. The van der Waals surface area contributed by atoms with Crippen LogP contribution in [0.1, 0.15) is 44.6 Å². The van der Waals surface area contributed by atoms with E-state index in [2.05, 4.69) is 23.2 Å². The average molecular weight is 276 g/mol. The molecule has 0 atom stereocenters. The van der Waals surface area contributed by atoms with Gasteiger partial charge >= 0.3 is 0 Å². The lowest BCUT2D eigenvalue weighted by Gasteiger charge is -2.34. The Hall–Kier alpha value is -1.09. The maximum Gasteiger partial charge on any atom is 0.146 e. The van der Waals surface area contributed by atoms with Gasteiger partial charge in [-0.3, -0.25) is 0 Å². The van der Waals surface area contributed by atoms with Crippen molar-refractivity contribution >= 4 is 5.69 Å². The molecule has 1 saturated heterocycles. The molecule has 0 unspecified atom stereocenters. The molecule has 0 bridgehead atoms. The molecular formula is C17H25FN2. The van der Waals surface area contributed by atoms with Crippen LogP contribution in [-0.2, 0) is 6.54 Å². The lowest BCUT2D eigenvalue weighted by atomic mass is 9.93. The minimum absolute atomic E-state index is 0.0601. The third kappa shape index (κ3) is 3.14.